The molecule has 192 valence electrons. The fourth-order valence-electron chi connectivity index (χ4n) is 4.29. The van der Waals surface area contributed by atoms with Gasteiger partial charge < -0.3 is 4.74 Å². The average Bonchev–Trinajstić information content (AvgIpc) is 2.78. The molecule has 5 nitrogen and oxygen atoms in total. The van der Waals surface area contributed by atoms with Crippen LogP contribution < -0.4 is 0 Å². The Hall–Kier alpha value is -0.650. The third-order valence-electron chi connectivity index (χ3n) is 6.21. The van der Waals surface area contributed by atoms with E-state index in [4.69, 9.17) is 4.74 Å². The van der Waals surface area contributed by atoms with Crippen molar-refractivity contribution >= 4 is 5.97 Å². The summed E-state index contributed by atoms with van der Waals surface area (Å²) in [7, 11) is 0. The Morgan fingerprint density at radius 3 is 0.906 bits per heavy atom. The largest absolute Gasteiger partial charge is 0.415 e. The van der Waals surface area contributed by atoms with Gasteiger partial charge in [0.05, 0.1) is 0 Å². The predicted octanol–water partition coefficient (Wildman–Crippen LogP) is 6.87. The van der Waals surface area contributed by atoms with Gasteiger partial charge in [0.1, 0.15) is 0 Å². The zero-order valence-electron chi connectivity index (χ0n) is 22.9. The molecule has 5 heteroatoms. The van der Waals surface area contributed by atoms with E-state index in [2.05, 4.69) is 56.2 Å². The van der Waals surface area contributed by atoms with Gasteiger partial charge in [0.15, 0.2) is 0 Å². The molecule has 0 spiro atoms. The summed E-state index contributed by atoms with van der Waals surface area (Å²) < 4.78 is 6.55. The minimum atomic E-state index is -0.773. The van der Waals surface area contributed by atoms with Crippen molar-refractivity contribution in [3.63, 3.8) is 0 Å². The topological polar surface area (TPSA) is 36.0 Å². The lowest BCUT2D eigenvalue weighted by molar-refractivity contribution is -0.314. The zero-order valence-corrected chi connectivity index (χ0v) is 22.9. The molecule has 0 aromatic rings. The van der Waals surface area contributed by atoms with E-state index in [0.717, 1.165) is 116 Å². The van der Waals surface area contributed by atoms with E-state index in [-0.39, 0.29) is 5.97 Å². The summed E-state index contributed by atoms with van der Waals surface area (Å²) in [5.74, 6) is -0.941. The average molecular weight is 456 g/mol. The quantitative estimate of drug-likeness (QED) is 0.131. The molecule has 0 fully saturated rings. The molecule has 0 aliphatic carbocycles. The van der Waals surface area contributed by atoms with Gasteiger partial charge in [-0.05, 0) is 38.5 Å². The molecule has 0 aromatic carbocycles. The highest BCUT2D eigenvalue weighted by Gasteiger charge is 2.49. The Morgan fingerprint density at radius 2 is 0.750 bits per heavy atom. The molecular weight excluding hydrogens is 398 g/mol. The Kier molecular flexibility index (Phi) is 19.4. The molecule has 0 heterocycles. The molecule has 0 amide bonds. The number of nitrogens with zero attached hydrogens (tertiary/aromatic N) is 3. The molecule has 0 saturated heterocycles. The molecule has 0 radical (unpaired) electrons. The fraction of sp³-hybridized carbons (Fsp3) is 0.963. The maximum absolute atomic E-state index is 12.7. The van der Waals surface area contributed by atoms with Crippen LogP contribution in [0, 0.1) is 0 Å². The highest BCUT2D eigenvalue weighted by atomic mass is 16.6. The van der Waals surface area contributed by atoms with Crippen LogP contribution in [-0.4, -0.2) is 65.9 Å². The summed E-state index contributed by atoms with van der Waals surface area (Å²) in [6.45, 7) is 20.9. The van der Waals surface area contributed by atoms with Crippen molar-refractivity contribution in [2.24, 2.45) is 0 Å². The number of unbranched alkanes of at least 4 members (excludes halogenated alkanes) is 6. The lowest BCUT2D eigenvalue weighted by atomic mass is 10.1. The van der Waals surface area contributed by atoms with Crippen LogP contribution in [0.15, 0.2) is 0 Å². The van der Waals surface area contributed by atoms with Crippen LogP contribution in [0.1, 0.15) is 126 Å². The van der Waals surface area contributed by atoms with E-state index < -0.39 is 5.97 Å². The monoisotopic (exact) mass is 455 g/mol. The van der Waals surface area contributed by atoms with E-state index in [0.29, 0.717) is 0 Å². The lowest BCUT2D eigenvalue weighted by Crippen LogP contribution is -2.72. The van der Waals surface area contributed by atoms with Gasteiger partial charge in [-0.1, -0.05) is 80.1 Å². The van der Waals surface area contributed by atoms with Gasteiger partial charge in [0, 0.05) is 46.2 Å². The van der Waals surface area contributed by atoms with Gasteiger partial charge in [0.25, 0.3) is 5.97 Å². The maximum atomic E-state index is 12.7. The molecule has 0 saturated carbocycles. The normalized spacial score (nSPS) is 12.3. The van der Waals surface area contributed by atoms with Crippen molar-refractivity contribution in [1.29, 1.82) is 0 Å². The minimum absolute atomic E-state index is 0.168. The van der Waals surface area contributed by atoms with E-state index >= 15 is 0 Å². The Morgan fingerprint density at radius 1 is 0.531 bits per heavy atom. The maximum Gasteiger partial charge on any atom is 0.306 e. The van der Waals surface area contributed by atoms with Crippen molar-refractivity contribution in [1.82, 2.24) is 14.7 Å². The highest BCUT2D eigenvalue weighted by Crippen LogP contribution is 2.31. The standard InChI is InChI=1S/C27H57N3O2/c1-8-14-20-28(21-15-9-2)27(32-26(7)31,29(22-16-10-3)23-17-11-4)30(24-18-12-5)25-19-13-6/h8-25H2,1-7H3. The van der Waals surface area contributed by atoms with Gasteiger partial charge in [-0.2, -0.15) is 0 Å². The van der Waals surface area contributed by atoms with Crippen molar-refractivity contribution in [3.05, 3.63) is 0 Å². The number of rotatable bonds is 22. The number of hydrogen-bond donors (Lipinski definition) is 0. The fourth-order valence-corrected chi connectivity index (χ4v) is 4.29. The second-order valence-corrected chi connectivity index (χ2v) is 9.25. The number of carbonyl (C=O) groups excluding carboxylic acids is 1. The molecule has 0 aliphatic rings. The Labute approximate surface area is 201 Å². The smallest absolute Gasteiger partial charge is 0.306 e. The van der Waals surface area contributed by atoms with Gasteiger partial charge in [0.2, 0.25) is 0 Å². The summed E-state index contributed by atoms with van der Waals surface area (Å²) in [5, 5.41) is 0. The molecule has 0 aliphatic heterocycles. The van der Waals surface area contributed by atoms with Gasteiger partial charge in [-0.15, -0.1) is 0 Å². The number of hydrogen-bond acceptors (Lipinski definition) is 5. The third-order valence-corrected chi connectivity index (χ3v) is 6.21. The number of esters is 1. The summed E-state index contributed by atoms with van der Waals surface area (Å²) in [4.78, 5) is 20.3. The van der Waals surface area contributed by atoms with Crippen LogP contribution in [0.2, 0.25) is 0 Å². The predicted molar refractivity (Wildman–Crippen MR) is 139 cm³/mol. The Balaban J connectivity index is 6.64. The van der Waals surface area contributed by atoms with Crippen molar-refractivity contribution in [3.8, 4) is 0 Å². The van der Waals surface area contributed by atoms with E-state index in [1.54, 1.807) is 6.92 Å². The van der Waals surface area contributed by atoms with Crippen LogP contribution in [0.5, 0.6) is 0 Å². The molecule has 0 aromatic heterocycles. The second-order valence-electron chi connectivity index (χ2n) is 9.25. The van der Waals surface area contributed by atoms with E-state index in [9.17, 15) is 4.79 Å². The Bertz CT molecular complexity index is 370. The van der Waals surface area contributed by atoms with Crippen LogP contribution in [0.4, 0.5) is 0 Å². The molecular formula is C27H57N3O2. The molecule has 0 N–H and O–H groups in total. The first-order chi connectivity index (χ1) is 15.5. The second kappa shape index (κ2) is 19.8. The first-order valence-corrected chi connectivity index (χ1v) is 13.9. The lowest BCUT2D eigenvalue weighted by Gasteiger charge is -2.55. The highest BCUT2D eigenvalue weighted by molar-refractivity contribution is 5.66. The number of carbonyl (C=O) groups is 1. The van der Waals surface area contributed by atoms with Crippen molar-refractivity contribution in [2.45, 2.75) is 131 Å². The minimum Gasteiger partial charge on any atom is -0.415 e. The SMILES string of the molecule is CCCCN(CCCC)C(OC(C)=O)(N(CCCC)CCCC)N(CCCC)CCCC. The van der Waals surface area contributed by atoms with Crippen LogP contribution in [-0.2, 0) is 9.53 Å². The van der Waals surface area contributed by atoms with Crippen LogP contribution >= 0.6 is 0 Å². The van der Waals surface area contributed by atoms with E-state index in [1.165, 1.54) is 0 Å². The van der Waals surface area contributed by atoms with E-state index in [1.807, 2.05) is 0 Å². The first-order valence-electron chi connectivity index (χ1n) is 13.9. The molecule has 0 atom stereocenters. The first kappa shape index (κ1) is 31.4. The summed E-state index contributed by atoms with van der Waals surface area (Å²) in [6, 6.07) is 0. The van der Waals surface area contributed by atoms with Gasteiger partial charge >= 0.3 is 5.97 Å². The molecule has 0 unspecified atom stereocenters. The van der Waals surface area contributed by atoms with Crippen LogP contribution in [0.25, 0.3) is 0 Å². The summed E-state index contributed by atoms with van der Waals surface area (Å²) >= 11 is 0. The van der Waals surface area contributed by atoms with Crippen molar-refractivity contribution < 1.29 is 9.53 Å². The summed E-state index contributed by atoms with van der Waals surface area (Å²) in [5.41, 5.74) is 0. The summed E-state index contributed by atoms with van der Waals surface area (Å²) in [6.07, 6.45) is 13.6. The molecule has 32 heavy (non-hydrogen) atoms. The van der Waals surface area contributed by atoms with Gasteiger partial charge in [-0.25, -0.2) is 14.7 Å². The molecule has 0 rings (SSSR count). The van der Waals surface area contributed by atoms with Crippen LogP contribution in [0.3, 0.4) is 0 Å². The third kappa shape index (κ3) is 11.0. The van der Waals surface area contributed by atoms with Crippen molar-refractivity contribution in [2.75, 3.05) is 39.3 Å². The molecule has 0 bridgehead atoms. The number of ether oxygens (including phenoxy) is 1. The zero-order chi connectivity index (χ0) is 24.2. The van der Waals surface area contributed by atoms with Gasteiger partial charge in [-0.3, -0.25) is 4.79 Å².